The number of rotatable bonds is 6. The highest BCUT2D eigenvalue weighted by Gasteiger charge is 2.16. The molecular formula is C21H23N3O3. The van der Waals surface area contributed by atoms with E-state index in [1.54, 1.807) is 6.92 Å². The molecule has 0 radical (unpaired) electrons. The van der Waals surface area contributed by atoms with Gasteiger partial charge in [0.15, 0.2) is 6.10 Å². The predicted molar refractivity (Wildman–Crippen MR) is 102 cm³/mol. The van der Waals surface area contributed by atoms with E-state index in [1.807, 2.05) is 57.2 Å². The highest BCUT2D eigenvalue weighted by molar-refractivity contribution is 5.80. The van der Waals surface area contributed by atoms with E-state index in [-0.39, 0.29) is 12.5 Å². The fraction of sp³-hybridized carbons (Fsp3) is 0.286. The van der Waals surface area contributed by atoms with Crippen molar-refractivity contribution in [1.29, 1.82) is 0 Å². The maximum Gasteiger partial charge on any atom is 0.261 e. The van der Waals surface area contributed by atoms with E-state index in [1.165, 1.54) is 0 Å². The summed E-state index contributed by atoms with van der Waals surface area (Å²) in [6.45, 7) is 7.84. The van der Waals surface area contributed by atoms with E-state index in [0.29, 0.717) is 17.5 Å². The number of aromatic nitrogens is 2. The highest BCUT2D eigenvalue weighted by Crippen LogP contribution is 2.18. The van der Waals surface area contributed by atoms with Crippen LogP contribution >= 0.6 is 0 Å². The molecule has 1 amide bonds. The lowest BCUT2D eigenvalue weighted by molar-refractivity contribution is -0.127. The second kappa shape index (κ2) is 8.03. The van der Waals surface area contributed by atoms with Crippen LogP contribution in [0.1, 0.15) is 29.5 Å². The lowest BCUT2D eigenvalue weighted by Crippen LogP contribution is -2.36. The first-order valence-corrected chi connectivity index (χ1v) is 8.83. The monoisotopic (exact) mass is 365 g/mol. The van der Waals surface area contributed by atoms with Crippen molar-refractivity contribution < 1.29 is 14.1 Å². The van der Waals surface area contributed by atoms with Crippen molar-refractivity contribution in [2.75, 3.05) is 0 Å². The fourth-order valence-electron chi connectivity index (χ4n) is 2.79. The van der Waals surface area contributed by atoms with Crippen molar-refractivity contribution in [3.05, 3.63) is 65.0 Å². The second-order valence-electron chi connectivity index (χ2n) is 6.68. The molecule has 27 heavy (non-hydrogen) atoms. The van der Waals surface area contributed by atoms with Gasteiger partial charge in [-0.15, -0.1) is 0 Å². The molecule has 1 aromatic heterocycles. The quantitative estimate of drug-likeness (QED) is 0.720. The van der Waals surface area contributed by atoms with Gasteiger partial charge < -0.3 is 14.6 Å². The molecule has 0 aliphatic carbocycles. The van der Waals surface area contributed by atoms with Gasteiger partial charge in [-0.2, -0.15) is 4.98 Å². The van der Waals surface area contributed by atoms with Crippen LogP contribution in [0.5, 0.6) is 5.75 Å². The van der Waals surface area contributed by atoms with Crippen molar-refractivity contribution in [3.63, 3.8) is 0 Å². The molecule has 0 aliphatic heterocycles. The average molecular weight is 365 g/mol. The minimum atomic E-state index is -0.634. The topological polar surface area (TPSA) is 77.2 Å². The number of ether oxygens (including phenoxy) is 1. The van der Waals surface area contributed by atoms with Crippen LogP contribution in [-0.4, -0.2) is 22.2 Å². The Morgan fingerprint density at radius 1 is 1.11 bits per heavy atom. The smallest absolute Gasteiger partial charge is 0.261 e. The Morgan fingerprint density at radius 3 is 2.56 bits per heavy atom. The average Bonchev–Trinajstić information content (AvgIpc) is 3.07. The molecule has 0 fully saturated rings. The number of aryl methyl sites for hydroxylation is 3. The Labute approximate surface area is 158 Å². The number of hydrogen-bond acceptors (Lipinski definition) is 5. The molecular weight excluding hydrogens is 342 g/mol. The Kier molecular flexibility index (Phi) is 5.54. The number of hydrogen-bond donors (Lipinski definition) is 1. The molecule has 3 aromatic rings. The van der Waals surface area contributed by atoms with E-state index in [4.69, 9.17) is 9.26 Å². The third-order valence-electron chi connectivity index (χ3n) is 4.04. The van der Waals surface area contributed by atoms with Crippen LogP contribution in [0.2, 0.25) is 0 Å². The van der Waals surface area contributed by atoms with Gasteiger partial charge in [-0.05, 0) is 57.0 Å². The molecule has 6 heteroatoms. The van der Waals surface area contributed by atoms with Crippen molar-refractivity contribution in [2.24, 2.45) is 0 Å². The number of carbonyl (C=O) groups excluding carboxylic acids is 1. The summed E-state index contributed by atoms with van der Waals surface area (Å²) in [7, 11) is 0. The summed E-state index contributed by atoms with van der Waals surface area (Å²) in [5.41, 5.74) is 4.17. The zero-order valence-electron chi connectivity index (χ0n) is 15.9. The Hall–Kier alpha value is -3.15. The molecule has 0 bridgehead atoms. The number of benzene rings is 2. The fourth-order valence-corrected chi connectivity index (χ4v) is 2.79. The molecule has 1 N–H and O–H groups in total. The molecule has 2 aromatic carbocycles. The minimum Gasteiger partial charge on any atom is -0.481 e. The van der Waals surface area contributed by atoms with Crippen LogP contribution in [0.15, 0.2) is 47.0 Å². The van der Waals surface area contributed by atoms with Crippen molar-refractivity contribution in [2.45, 2.75) is 40.3 Å². The number of nitrogens with one attached hydrogen (secondary N) is 1. The van der Waals surface area contributed by atoms with E-state index < -0.39 is 6.10 Å². The van der Waals surface area contributed by atoms with E-state index in [0.717, 1.165) is 22.3 Å². The van der Waals surface area contributed by atoms with Gasteiger partial charge in [0.1, 0.15) is 5.75 Å². The van der Waals surface area contributed by atoms with E-state index in [9.17, 15) is 4.79 Å². The molecule has 6 nitrogen and oxygen atoms in total. The van der Waals surface area contributed by atoms with Crippen LogP contribution in [0.25, 0.3) is 11.4 Å². The summed E-state index contributed by atoms with van der Waals surface area (Å²) in [5, 5.41) is 6.73. The molecule has 0 spiro atoms. The summed E-state index contributed by atoms with van der Waals surface area (Å²) in [4.78, 5) is 16.6. The maximum absolute atomic E-state index is 12.3. The zero-order valence-corrected chi connectivity index (χ0v) is 15.9. The standard InChI is InChI=1S/C21H23N3O3/c1-13-6-5-7-17(9-13)20-23-19(27-24-20)12-22-21(25)16(4)26-18-10-14(2)8-15(3)11-18/h5-11,16H,12H2,1-4H3,(H,22,25)/t16-/m0/s1. The first-order chi connectivity index (χ1) is 12.9. The molecule has 0 aliphatic rings. The Bertz CT molecular complexity index is 929. The normalized spacial score (nSPS) is 11.9. The van der Waals surface area contributed by atoms with Gasteiger partial charge in [0.05, 0.1) is 6.54 Å². The predicted octanol–water partition coefficient (Wildman–Crippen LogP) is 3.75. The van der Waals surface area contributed by atoms with Crippen LogP contribution < -0.4 is 10.1 Å². The summed E-state index contributed by atoms with van der Waals surface area (Å²) in [6.07, 6.45) is -0.634. The van der Waals surface area contributed by atoms with Crippen LogP contribution in [-0.2, 0) is 11.3 Å². The Morgan fingerprint density at radius 2 is 1.85 bits per heavy atom. The highest BCUT2D eigenvalue weighted by atomic mass is 16.5. The van der Waals surface area contributed by atoms with Gasteiger partial charge in [-0.3, -0.25) is 4.79 Å². The zero-order chi connectivity index (χ0) is 19.4. The maximum atomic E-state index is 12.3. The first kappa shape index (κ1) is 18.6. The van der Waals surface area contributed by atoms with Gasteiger partial charge in [0.2, 0.25) is 11.7 Å². The molecule has 0 unspecified atom stereocenters. The van der Waals surface area contributed by atoms with Crippen LogP contribution in [0.4, 0.5) is 0 Å². The minimum absolute atomic E-state index is 0.151. The van der Waals surface area contributed by atoms with Crippen LogP contribution in [0, 0.1) is 20.8 Å². The summed E-state index contributed by atoms with van der Waals surface area (Å²) >= 11 is 0. The van der Waals surface area contributed by atoms with Crippen molar-refractivity contribution in [3.8, 4) is 17.1 Å². The summed E-state index contributed by atoms with van der Waals surface area (Å²) < 4.78 is 11.0. The number of amides is 1. The molecule has 0 saturated heterocycles. The molecule has 140 valence electrons. The first-order valence-electron chi connectivity index (χ1n) is 8.83. The number of nitrogens with zero attached hydrogens (tertiary/aromatic N) is 2. The third-order valence-corrected chi connectivity index (χ3v) is 4.04. The number of carbonyl (C=O) groups is 1. The van der Waals surface area contributed by atoms with Gasteiger partial charge in [0.25, 0.3) is 5.91 Å². The summed E-state index contributed by atoms with van der Waals surface area (Å²) in [6, 6.07) is 13.7. The molecule has 3 rings (SSSR count). The largest absolute Gasteiger partial charge is 0.481 e. The molecule has 1 heterocycles. The molecule has 0 saturated carbocycles. The lowest BCUT2D eigenvalue weighted by Gasteiger charge is -2.15. The second-order valence-corrected chi connectivity index (χ2v) is 6.68. The SMILES string of the molecule is Cc1cc(C)cc(O[C@@H](C)C(=O)NCc2nc(-c3cccc(C)c3)no2)c1. The Balaban J connectivity index is 1.57. The third kappa shape index (κ3) is 4.94. The van der Waals surface area contributed by atoms with Gasteiger partial charge in [0, 0.05) is 5.56 Å². The summed E-state index contributed by atoms with van der Waals surface area (Å²) in [5.74, 6) is 1.28. The van der Waals surface area contributed by atoms with Crippen LogP contribution in [0.3, 0.4) is 0 Å². The van der Waals surface area contributed by atoms with Gasteiger partial charge in [-0.1, -0.05) is 35.0 Å². The van der Waals surface area contributed by atoms with Gasteiger partial charge >= 0.3 is 0 Å². The lowest BCUT2D eigenvalue weighted by atomic mass is 10.1. The van der Waals surface area contributed by atoms with Gasteiger partial charge in [-0.25, -0.2) is 0 Å². The van der Waals surface area contributed by atoms with Crippen molar-refractivity contribution >= 4 is 5.91 Å². The van der Waals surface area contributed by atoms with E-state index in [2.05, 4.69) is 21.5 Å². The van der Waals surface area contributed by atoms with E-state index >= 15 is 0 Å². The van der Waals surface area contributed by atoms with Crippen molar-refractivity contribution in [1.82, 2.24) is 15.5 Å². The molecule has 1 atom stereocenters.